The van der Waals surface area contributed by atoms with Crippen LogP contribution in [0.1, 0.15) is 0 Å². The number of methoxy groups -OCH3 is 1. The topological polar surface area (TPSA) is 107 Å². The van der Waals surface area contributed by atoms with Crippen molar-refractivity contribution >= 4 is 38.7 Å². The maximum Gasteiger partial charge on any atom is 0.240 e. The van der Waals surface area contributed by atoms with Crippen molar-refractivity contribution in [2.75, 3.05) is 18.2 Å². The Bertz CT molecular complexity index is 778. The number of hydrogen-bond donors (Lipinski definition) is 3. The highest BCUT2D eigenvalue weighted by atomic mass is 35.5. The maximum atomic E-state index is 11.6. The van der Waals surface area contributed by atoms with Gasteiger partial charge in [-0.2, -0.15) is 0 Å². The second-order valence-corrected chi connectivity index (χ2v) is 6.21. The first-order valence-electron chi connectivity index (χ1n) is 5.84. The summed E-state index contributed by atoms with van der Waals surface area (Å²) in [6.07, 6.45) is 0. The zero-order valence-electron chi connectivity index (χ0n) is 11.1. The Kier molecular flexibility index (Phi) is 4.26. The van der Waals surface area contributed by atoms with Crippen molar-refractivity contribution in [2.45, 2.75) is 4.90 Å². The second-order valence-electron chi connectivity index (χ2n) is 4.27. The smallest absolute Gasteiger partial charge is 0.240 e. The first kappa shape index (κ1) is 15.4. The molecule has 0 heterocycles. The molecule has 0 aromatic heterocycles. The number of ether oxygens (including phenoxy) is 1. The van der Waals surface area contributed by atoms with Crippen LogP contribution in [0.2, 0.25) is 5.02 Å². The summed E-state index contributed by atoms with van der Waals surface area (Å²) in [6.45, 7) is 0. The van der Waals surface area contributed by atoms with Gasteiger partial charge in [0.25, 0.3) is 0 Å². The summed E-state index contributed by atoms with van der Waals surface area (Å²) in [5, 5.41) is 8.53. The van der Waals surface area contributed by atoms with Crippen LogP contribution >= 0.6 is 11.6 Å². The fourth-order valence-electron chi connectivity index (χ4n) is 1.75. The van der Waals surface area contributed by atoms with E-state index in [-0.39, 0.29) is 10.6 Å². The van der Waals surface area contributed by atoms with Gasteiger partial charge in [0.1, 0.15) is 10.6 Å². The highest BCUT2D eigenvalue weighted by molar-refractivity contribution is 7.89. The van der Waals surface area contributed by atoms with Gasteiger partial charge in [0.2, 0.25) is 10.0 Å². The molecule has 0 amide bonds. The van der Waals surface area contributed by atoms with Gasteiger partial charge in [-0.25, -0.2) is 13.6 Å². The van der Waals surface area contributed by atoms with Gasteiger partial charge in [0.05, 0.1) is 23.5 Å². The van der Waals surface area contributed by atoms with Crippen LogP contribution in [0, 0.1) is 0 Å². The van der Waals surface area contributed by atoms with Gasteiger partial charge < -0.3 is 15.8 Å². The average molecular weight is 328 g/mol. The molecule has 8 heteroatoms. The molecule has 0 spiro atoms. The summed E-state index contributed by atoms with van der Waals surface area (Å²) >= 11 is 6.08. The first-order valence-corrected chi connectivity index (χ1v) is 7.76. The van der Waals surface area contributed by atoms with E-state index in [0.29, 0.717) is 22.1 Å². The third-order valence-electron chi connectivity index (χ3n) is 2.76. The van der Waals surface area contributed by atoms with E-state index in [0.717, 1.165) is 0 Å². The lowest BCUT2D eigenvalue weighted by Crippen LogP contribution is -2.14. The van der Waals surface area contributed by atoms with Crippen LogP contribution in [0.4, 0.5) is 17.1 Å². The fourth-order valence-corrected chi connectivity index (χ4v) is 2.64. The summed E-state index contributed by atoms with van der Waals surface area (Å²) in [7, 11) is -2.40. The Labute approximate surface area is 127 Å². The monoisotopic (exact) mass is 327 g/mol. The number of nitrogens with one attached hydrogen (secondary N) is 1. The van der Waals surface area contributed by atoms with E-state index in [1.54, 1.807) is 24.3 Å². The molecule has 2 rings (SSSR count). The van der Waals surface area contributed by atoms with Crippen LogP contribution in [0.5, 0.6) is 5.75 Å². The molecule has 0 unspecified atom stereocenters. The molecule has 21 heavy (non-hydrogen) atoms. The van der Waals surface area contributed by atoms with E-state index in [4.69, 9.17) is 27.2 Å². The van der Waals surface area contributed by atoms with Crippen molar-refractivity contribution in [2.24, 2.45) is 5.14 Å². The largest absolute Gasteiger partial charge is 0.497 e. The molecule has 0 radical (unpaired) electrons. The third-order valence-corrected chi connectivity index (χ3v) is 4.04. The number of nitrogen functional groups attached to an aromatic ring is 1. The minimum absolute atomic E-state index is 0.110. The Balaban J connectivity index is 2.50. The zero-order valence-corrected chi connectivity index (χ0v) is 12.7. The van der Waals surface area contributed by atoms with Crippen molar-refractivity contribution < 1.29 is 13.2 Å². The van der Waals surface area contributed by atoms with Gasteiger partial charge in [-0.05, 0) is 30.3 Å². The van der Waals surface area contributed by atoms with E-state index in [9.17, 15) is 8.42 Å². The number of hydrogen-bond acceptors (Lipinski definition) is 5. The SMILES string of the molecule is COc1ccc(Cl)c(Nc2ccc(N)cc2S(N)(=O)=O)c1. The number of benzene rings is 2. The quantitative estimate of drug-likeness (QED) is 0.747. The van der Waals surface area contributed by atoms with Gasteiger partial charge in [-0.3, -0.25) is 0 Å². The zero-order chi connectivity index (χ0) is 15.6. The lowest BCUT2D eigenvalue weighted by atomic mass is 10.2. The molecule has 0 saturated carbocycles. The summed E-state index contributed by atoms with van der Waals surface area (Å²) in [6, 6.07) is 9.33. The van der Waals surface area contributed by atoms with Gasteiger partial charge in [-0.15, -0.1) is 0 Å². The molecule has 0 bridgehead atoms. The normalized spacial score (nSPS) is 11.2. The fraction of sp³-hybridized carbons (Fsp3) is 0.0769. The van der Waals surface area contributed by atoms with E-state index >= 15 is 0 Å². The second kappa shape index (κ2) is 5.80. The predicted octanol–water partition coefficient (Wildman–Crippen LogP) is 2.32. The molecular weight excluding hydrogens is 314 g/mol. The minimum atomic E-state index is -3.92. The van der Waals surface area contributed by atoms with Gasteiger partial charge >= 0.3 is 0 Å². The van der Waals surface area contributed by atoms with E-state index in [1.165, 1.54) is 19.2 Å². The Morgan fingerprint density at radius 3 is 2.48 bits per heavy atom. The molecule has 112 valence electrons. The Hall–Kier alpha value is -1.96. The van der Waals surface area contributed by atoms with Crippen LogP contribution < -0.4 is 20.9 Å². The van der Waals surface area contributed by atoms with Crippen LogP contribution in [-0.2, 0) is 10.0 Å². The standard InChI is InChI=1S/C13H14ClN3O3S/c1-20-9-3-4-10(14)12(7-9)17-11-5-2-8(15)6-13(11)21(16,18)19/h2-7,17H,15H2,1H3,(H2,16,18,19). The Morgan fingerprint density at radius 1 is 1.14 bits per heavy atom. The lowest BCUT2D eigenvalue weighted by molar-refractivity contribution is 0.415. The highest BCUT2D eigenvalue weighted by Crippen LogP contribution is 2.32. The van der Waals surface area contributed by atoms with Crippen molar-refractivity contribution in [1.29, 1.82) is 0 Å². The van der Waals surface area contributed by atoms with Crippen molar-refractivity contribution in [3.63, 3.8) is 0 Å². The van der Waals surface area contributed by atoms with E-state index in [1.807, 2.05) is 0 Å². The Morgan fingerprint density at radius 2 is 1.86 bits per heavy atom. The highest BCUT2D eigenvalue weighted by Gasteiger charge is 2.15. The number of halogens is 1. The molecule has 2 aromatic rings. The van der Waals surface area contributed by atoms with Crippen LogP contribution in [-0.4, -0.2) is 15.5 Å². The van der Waals surface area contributed by atoms with Crippen molar-refractivity contribution in [1.82, 2.24) is 0 Å². The van der Waals surface area contributed by atoms with Crippen LogP contribution in [0.3, 0.4) is 0 Å². The molecule has 0 saturated heterocycles. The molecular formula is C13H14ClN3O3S. The molecule has 0 aliphatic heterocycles. The van der Waals surface area contributed by atoms with E-state index in [2.05, 4.69) is 5.32 Å². The summed E-state index contributed by atoms with van der Waals surface area (Å²) in [5.74, 6) is 0.578. The molecule has 5 N–H and O–H groups in total. The number of primary sulfonamides is 1. The van der Waals surface area contributed by atoms with Gasteiger partial charge in [0.15, 0.2) is 0 Å². The molecule has 0 atom stereocenters. The molecule has 2 aromatic carbocycles. The van der Waals surface area contributed by atoms with Gasteiger partial charge in [-0.1, -0.05) is 11.6 Å². The minimum Gasteiger partial charge on any atom is -0.497 e. The third kappa shape index (κ3) is 3.57. The van der Waals surface area contributed by atoms with Crippen LogP contribution in [0.25, 0.3) is 0 Å². The van der Waals surface area contributed by atoms with E-state index < -0.39 is 10.0 Å². The van der Waals surface area contributed by atoms with Gasteiger partial charge in [0, 0.05) is 11.8 Å². The lowest BCUT2D eigenvalue weighted by Gasteiger charge is -2.13. The number of sulfonamides is 1. The predicted molar refractivity (Wildman–Crippen MR) is 83.5 cm³/mol. The van der Waals surface area contributed by atoms with Crippen molar-refractivity contribution in [3.05, 3.63) is 41.4 Å². The average Bonchev–Trinajstić information content (AvgIpc) is 2.42. The number of rotatable bonds is 4. The summed E-state index contributed by atoms with van der Waals surface area (Å²) < 4.78 is 28.4. The van der Waals surface area contributed by atoms with Crippen LogP contribution in [0.15, 0.2) is 41.3 Å². The summed E-state index contributed by atoms with van der Waals surface area (Å²) in [4.78, 5) is -0.110. The number of nitrogens with two attached hydrogens (primary N) is 2. The maximum absolute atomic E-state index is 11.6. The van der Waals surface area contributed by atoms with Crippen molar-refractivity contribution in [3.8, 4) is 5.75 Å². The molecule has 0 aliphatic carbocycles. The summed E-state index contributed by atoms with van der Waals surface area (Å²) in [5.41, 5.74) is 6.66. The first-order chi connectivity index (χ1) is 9.81. The molecule has 0 fully saturated rings. The molecule has 0 aliphatic rings. The molecule has 6 nitrogen and oxygen atoms in total. The number of anilines is 3.